The van der Waals surface area contributed by atoms with E-state index in [1.54, 1.807) is 11.8 Å². The molecule has 162 valence electrons. The summed E-state index contributed by atoms with van der Waals surface area (Å²) in [6.07, 6.45) is 2.17. The predicted molar refractivity (Wildman–Crippen MR) is 129 cm³/mol. The maximum absolute atomic E-state index is 6.00. The molecule has 0 N–H and O–H groups in total. The standard InChI is InChI=1S/C26H28ClNO2S/c1-3-29-25-16-20-12-14-28(2)15-13-21(20)17-26(25)31-24-10-4-19(5-11-24)18-30-23-8-6-22(27)7-9-23/h4-11,16-17H,3,12-15,18H2,1-2H3. The summed E-state index contributed by atoms with van der Waals surface area (Å²) in [6.45, 7) is 5.46. The van der Waals surface area contributed by atoms with Crippen molar-refractivity contribution >= 4 is 23.4 Å². The first-order valence-corrected chi connectivity index (χ1v) is 11.9. The van der Waals surface area contributed by atoms with E-state index in [4.69, 9.17) is 21.1 Å². The largest absolute Gasteiger partial charge is 0.493 e. The van der Waals surface area contributed by atoms with Gasteiger partial charge in [0.25, 0.3) is 0 Å². The van der Waals surface area contributed by atoms with Crippen LogP contribution in [0, 0.1) is 0 Å². The van der Waals surface area contributed by atoms with Crippen molar-refractivity contribution < 1.29 is 9.47 Å². The number of benzene rings is 3. The zero-order chi connectivity index (χ0) is 21.6. The molecule has 0 unspecified atom stereocenters. The molecule has 1 aliphatic rings. The van der Waals surface area contributed by atoms with Crippen LogP contribution in [-0.4, -0.2) is 31.6 Å². The van der Waals surface area contributed by atoms with E-state index in [1.807, 2.05) is 31.2 Å². The molecule has 0 fully saturated rings. The van der Waals surface area contributed by atoms with E-state index < -0.39 is 0 Å². The van der Waals surface area contributed by atoms with Crippen molar-refractivity contribution in [3.8, 4) is 11.5 Å². The molecule has 0 saturated heterocycles. The molecular formula is C26H28ClNO2S. The van der Waals surface area contributed by atoms with Crippen molar-refractivity contribution in [1.29, 1.82) is 0 Å². The molecule has 1 heterocycles. The van der Waals surface area contributed by atoms with E-state index >= 15 is 0 Å². The fourth-order valence-corrected chi connectivity index (χ4v) is 4.74. The normalized spacial score (nSPS) is 14.0. The molecule has 0 radical (unpaired) electrons. The van der Waals surface area contributed by atoms with E-state index in [2.05, 4.69) is 48.3 Å². The summed E-state index contributed by atoms with van der Waals surface area (Å²) in [4.78, 5) is 4.79. The summed E-state index contributed by atoms with van der Waals surface area (Å²) in [5.74, 6) is 1.81. The number of likely N-dealkylation sites (N-methyl/N-ethyl adjacent to an activating group) is 1. The van der Waals surface area contributed by atoms with Crippen LogP contribution >= 0.6 is 23.4 Å². The Hall–Kier alpha value is -2.14. The number of halogens is 1. The number of ether oxygens (including phenoxy) is 2. The van der Waals surface area contributed by atoms with Crippen molar-refractivity contribution in [1.82, 2.24) is 4.90 Å². The average molecular weight is 454 g/mol. The summed E-state index contributed by atoms with van der Waals surface area (Å²) in [7, 11) is 2.20. The van der Waals surface area contributed by atoms with Gasteiger partial charge in [0.1, 0.15) is 18.1 Å². The lowest BCUT2D eigenvalue weighted by Crippen LogP contribution is -2.20. The van der Waals surface area contributed by atoms with Crippen LogP contribution in [0.4, 0.5) is 0 Å². The van der Waals surface area contributed by atoms with E-state index in [1.165, 1.54) is 20.9 Å². The van der Waals surface area contributed by atoms with Crippen molar-refractivity contribution in [3.05, 3.63) is 82.4 Å². The van der Waals surface area contributed by atoms with Gasteiger partial charge in [-0.15, -0.1) is 0 Å². The second-order valence-electron chi connectivity index (χ2n) is 7.79. The van der Waals surface area contributed by atoms with Gasteiger partial charge in [-0.05, 0) is 92.0 Å². The molecule has 1 aliphatic heterocycles. The Balaban J connectivity index is 1.46. The highest BCUT2D eigenvalue weighted by Crippen LogP contribution is 2.38. The average Bonchev–Trinajstić information content (AvgIpc) is 2.96. The van der Waals surface area contributed by atoms with Gasteiger partial charge in [0.2, 0.25) is 0 Å². The second kappa shape index (κ2) is 10.4. The van der Waals surface area contributed by atoms with E-state index in [-0.39, 0.29) is 0 Å². The smallest absolute Gasteiger partial charge is 0.133 e. The van der Waals surface area contributed by atoms with Gasteiger partial charge in [-0.2, -0.15) is 0 Å². The molecule has 0 spiro atoms. The van der Waals surface area contributed by atoms with Crippen molar-refractivity contribution in [3.63, 3.8) is 0 Å². The third-order valence-electron chi connectivity index (χ3n) is 5.46. The summed E-state index contributed by atoms with van der Waals surface area (Å²) >= 11 is 7.69. The highest BCUT2D eigenvalue weighted by molar-refractivity contribution is 7.99. The molecule has 0 atom stereocenters. The molecular weight excluding hydrogens is 426 g/mol. The number of nitrogens with zero attached hydrogens (tertiary/aromatic N) is 1. The minimum Gasteiger partial charge on any atom is -0.493 e. The molecule has 3 nitrogen and oxygen atoms in total. The Morgan fingerprint density at radius 3 is 2.26 bits per heavy atom. The predicted octanol–water partition coefficient (Wildman–Crippen LogP) is 6.50. The maximum atomic E-state index is 6.00. The lowest BCUT2D eigenvalue weighted by molar-refractivity contribution is 0.306. The van der Waals surface area contributed by atoms with E-state index in [0.717, 1.165) is 43.0 Å². The highest BCUT2D eigenvalue weighted by Gasteiger charge is 2.16. The SMILES string of the molecule is CCOc1cc2c(cc1Sc1ccc(COc3ccc(Cl)cc3)cc1)CCN(C)CC2. The molecule has 0 amide bonds. The molecule has 0 bridgehead atoms. The molecule has 0 saturated carbocycles. The first-order chi connectivity index (χ1) is 15.1. The van der Waals surface area contributed by atoms with Gasteiger partial charge < -0.3 is 14.4 Å². The Morgan fingerprint density at radius 1 is 0.903 bits per heavy atom. The zero-order valence-electron chi connectivity index (χ0n) is 18.1. The first kappa shape index (κ1) is 22.1. The maximum Gasteiger partial charge on any atom is 0.133 e. The van der Waals surface area contributed by atoms with Crippen LogP contribution < -0.4 is 9.47 Å². The van der Waals surface area contributed by atoms with E-state index in [9.17, 15) is 0 Å². The van der Waals surface area contributed by atoms with Gasteiger partial charge in [-0.25, -0.2) is 0 Å². The Kier molecular flexibility index (Phi) is 7.44. The molecule has 0 aliphatic carbocycles. The highest BCUT2D eigenvalue weighted by atomic mass is 35.5. The molecule has 4 rings (SSSR count). The number of hydrogen-bond acceptors (Lipinski definition) is 4. The lowest BCUT2D eigenvalue weighted by atomic mass is 10.0. The van der Waals surface area contributed by atoms with Crippen LogP contribution in [-0.2, 0) is 19.4 Å². The molecule has 0 aromatic heterocycles. The van der Waals surface area contributed by atoms with Crippen LogP contribution in [0.15, 0.2) is 70.5 Å². The lowest BCUT2D eigenvalue weighted by Gasteiger charge is -2.15. The number of fused-ring (bicyclic) bond motifs is 1. The molecule has 5 heteroatoms. The Labute approximate surface area is 194 Å². The molecule has 3 aromatic rings. The van der Waals surface area contributed by atoms with E-state index in [0.29, 0.717) is 18.2 Å². The summed E-state index contributed by atoms with van der Waals surface area (Å²) in [6, 6.07) is 20.6. The van der Waals surface area contributed by atoms with Crippen LogP contribution in [0.5, 0.6) is 11.5 Å². The third-order valence-corrected chi connectivity index (χ3v) is 6.76. The Morgan fingerprint density at radius 2 is 1.58 bits per heavy atom. The molecule has 3 aromatic carbocycles. The minimum absolute atomic E-state index is 0.531. The van der Waals surface area contributed by atoms with Gasteiger partial charge in [0.15, 0.2) is 0 Å². The second-order valence-corrected chi connectivity index (χ2v) is 9.34. The molecule has 31 heavy (non-hydrogen) atoms. The summed E-state index contributed by atoms with van der Waals surface area (Å²) < 4.78 is 11.8. The quantitative estimate of drug-likeness (QED) is 0.407. The fraction of sp³-hybridized carbons (Fsp3) is 0.308. The van der Waals surface area contributed by atoms with Crippen LogP contribution in [0.3, 0.4) is 0 Å². The summed E-state index contributed by atoms with van der Waals surface area (Å²) in [5.41, 5.74) is 4.00. The van der Waals surface area contributed by atoms with Crippen LogP contribution in [0.1, 0.15) is 23.6 Å². The van der Waals surface area contributed by atoms with Gasteiger partial charge in [0, 0.05) is 23.0 Å². The van der Waals surface area contributed by atoms with Crippen LogP contribution in [0.2, 0.25) is 5.02 Å². The van der Waals surface area contributed by atoms with Crippen LogP contribution in [0.25, 0.3) is 0 Å². The monoisotopic (exact) mass is 453 g/mol. The zero-order valence-corrected chi connectivity index (χ0v) is 19.6. The van der Waals surface area contributed by atoms with Crippen molar-refractivity contribution in [2.75, 3.05) is 26.7 Å². The van der Waals surface area contributed by atoms with Gasteiger partial charge in [0.05, 0.1) is 11.5 Å². The first-order valence-electron chi connectivity index (χ1n) is 10.7. The van der Waals surface area contributed by atoms with Crippen molar-refractivity contribution in [2.45, 2.75) is 36.2 Å². The van der Waals surface area contributed by atoms with Crippen molar-refractivity contribution in [2.24, 2.45) is 0 Å². The number of rotatable bonds is 7. The number of hydrogen-bond donors (Lipinski definition) is 0. The fourth-order valence-electron chi connectivity index (χ4n) is 3.67. The van der Waals surface area contributed by atoms with Gasteiger partial charge >= 0.3 is 0 Å². The summed E-state index contributed by atoms with van der Waals surface area (Å²) in [5, 5.41) is 0.713. The third kappa shape index (κ3) is 5.97. The topological polar surface area (TPSA) is 21.7 Å². The van der Waals surface area contributed by atoms with Gasteiger partial charge in [-0.3, -0.25) is 0 Å². The van der Waals surface area contributed by atoms with Gasteiger partial charge in [-0.1, -0.05) is 35.5 Å². The Bertz CT molecular complexity index is 1010. The minimum atomic E-state index is 0.531.